The lowest BCUT2D eigenvalue weighted by Gasteiger charge is -1.99. The Morgan fingerprint density at radius 2 is 2.05 bits per heavy atom. The van der Waals surface area contributed by atoms with Crippen LogP contribution in [-0.2, 0) is 0 Å². The van der Waals surface area contributed by atoms with E-state index in [1.54, 1.807) is 12.3 Å². The Balaban J connectivity index is 2.06. The molecule has 0 aliphatic carbocycles. The van der Waals surface area contributed by atoms with Crippen LogP contribution >= 0.6 is 15.9 Å². The summed E-state index contributed by atoms with van der Waals surface area (Å²) in [6.45, 7) is 0. The number of aromatic amines is 1. The van der Waals surface area contributed by atoms with Crippen LogP contribution in [0.15, 0.2) is 40.0 Å². The largest absolute Gasteiger partial charge is 0.356 e. The minimum atomic E-state index is -0.749. The van der Waals surface area contributed by atoms with Gasteiger partial charge in [0, 0.05) is 10.7 Å². The van der Waals surface area contributed by atoms with Gasteiger partial charge in [-0.05, 0) is 34.1 Å². The summed E-state index contributed by atoms with van der Waals surface area (Å²) in [5, 5.41) is 3.51. The predicted molar refractivity (Wildman–Crippen MR) is 69.9 cm³/mol. The second-order valence-corrected chi connectivity index (χ2v) is 4.48. The van der Waals surface area contributed by atoms with Gasteiger partial charge in [0.25, 0.3) is 5.91 Å². The molecule has 1 aromatic carbocycles. The van der Waals surface area contributed by atoms with Gasteiger partial charge in [-0.25, -0.2) is 14.2 Å². The molecular weight excluding hydrogens is 320 g/mol. The average molecular weight is 328 g/mol. The van der Waals surface area contributed by atoms with Crippen molar-refractivity contribution >= 4 is 28.1 Å². The molecule has 0 fully saturated rings. The zero-order valence-electron chi connectivity index (χ0n) is 9.45. The summed E-state index contributed by atoms with van der Waals surface area (Å²) in [4.78, 5) is 14.2. The standard InChI is InChI=1S/C12H8BrF2N3O/c13-7-4-11(16-5-7)12(19)18-17-6-8-9(14)2-1-3-10(8)15/h1-6,16H,(H,18,19)/b17-6-. The number of nitrogens with zero attached hydrogens (tertiary/aromatic N) is 1. The van der Waals surface area contributed by atoms with Crippen molar-refractivity contribution in [1.82, 2.24) is 10.4 Å². The maximum absolute atomic E-state index is 13.2. The fourth-order valence-electron chi connectivity index (χ4n) is 1.35. The number of hydrogen-bond acceptors (Lipinski definition) is 2. The molecular formula is C12H8BrF2N3O. The highest BCUT2D eigenvalue weighted by Crippen LogP contribution is 2.11. The maximum Gasteiger partial charge on any atom is 0.287 e. The third-order valence-corrected chi connectivity index (χ3v) is 2.71. The van der Waals surface area contributed by atoms with E-state index in [-0.39, 0.29) is 11.3 Å². The van der Waals surface area contributed by atoms with Crippen molar-refractivity contribution in [2.75, 3.05) is 0 Å². The Bertz CT molecular complexity index is 619. The van der Waals surface area contributed by atoms with Gasteiger partial charge in [0.2, 0.25) is 0 Å². The lowest BCUT2D eigenvalue weighted by atomic mass is 10.2. The molecule has 0 bridgehead atoms. The van der Waals surface area contributed by atoms with Gasteiger partial charge in [0.05, 0.1) is 11.8 Å². The van der Waals surface area contributed by atoms with E-state index in [9.17, 15) is 13.6 Å². The van der Waals surface area contributed by atoms with E-state index in [0.29, 0.717) is 4.47 Å². The molecule has 7 heteroatoms. The van der Waals surface area contributed by atoms with E-state index < -0.39 is 17.5 Å². The first-order valence-electron chi connectivity index (χ1n) is 5.19. The first-order chi connectivity index (χ1) is 9.08. The van der Waals surface area contributed by atoms with Crippen molar-refractivity contribution in [1.29, 1.82) is 0 Å². The van der Waals surface area contributed by atoms with Crippen molar-refractivity contribution in [3.05, 3.63) is 57.8 Å². The SMILES string of the molecule is O=C(N/N=C\c1c(F)cccc1F)c1cc(Br)c[nH]1. The third-order valence-electron chi connectivity index (χ3n) is 2.25. The number of amides is 1. The molecule has 0 saturated carbocycles. The van der Waals surface area contributed by atoms with Crippen molar-refractivity contribution in [2.45, 2.75) is 0 Å². The van der Waals surface area contributed by atoms with E-state index in [4.69, 9.17) is 0 Å². The van der Waals surface area contributed by atoms with Crippen LogP contribution in [0.5, 0.6) is 0 Å². The summed E-state index contributed by atoms with van der Waals surface area (Å²) in [6, 6.07) is 5.01. The topological polar surface area (TPSA) is 57.2 Å². The second-order valence-electron chi connectivity index (χ2n) is 3.57. The van der Waals surface area contributed by atoms with Gasteiger partial charge in [-0.2, -0.15) is 5.10 Å². The van der Waals surface area contributed by atoms with Crippen LogP contribution in [0, 0.1) is 11.6 Å². The third kappa shape index (κ3) is 3.25. The van der Waals surface area contributed by atoms with Crippen LogP contribution in [0.2, 0.25) is 0 Å². The van der Waals surface area contributed by atoms with Gasteiger partial charge in [0.1, 0.15) is 17.3 Å². The molecule has 1 aromatic heterocycles. The average Bonchev–Trinajstić information content (AvgIpc) is 2.79. The van der Waals surface area contributed by atoms with E-state index in [1.807, 2.05) is 0 Å². The smallest absolute Gasteiger partial charge is 0.287 e. The number of nitrogens with one attached hydrogen (secondary N) is 2. The van der Waals surface area contributed by atoms with E-state index in [0.717, 1.165) is 18.3 Å². The molecule has 19 heavy (non-hydrogen) atoms. The van der Waals surface area contributed by atoms with Crippen LogP contribution in [0.25, 0.3) is 0 Å². The molecule has 1 heterocycles. The fourth-order valence-corrected chi connectivity index (χ4v) is 1.69. The number of rotatable bonds is 3. The molecule has 4 nitrogen and oxygen atoms in total. The Hall–Kier alpha value is -2.02. The highest BCUT2D eigenvalue weighted by Gasteiger charge is 2.07. The number of carbonyl (C=O) groups excluding carboxylic acids is 1. The van der Waals surface area contributed by atoms with Crippen molar-refractivity contribution in [2.24, 2.45) is 5.10 Å². The number of carbonyl (C=O) groups is 1. The van der Waals surface area contributed by atoms with E-state index in [1.165, 1.54) is 6.07 Å². The Morgan fingerprint density at radius 1 is 1.37 bits per heavy atom. The quantitative estimate of drug-likeness (QED) is 0.661. The molecule has 2 rings (SSSR count). The fraction of sp³-hybridized carbons (Fsp3) is 0. The molecule has 0 radical (unpaired) electrons. The molecule has 0 unspecified atom stereocenters. The number of aromatic nitrogens is 1. The number of benzene rings is 1. The predicted octanol–water partition coefficient (Wildman–Crippen LogP) is 2.82. The molecule has 0 atom stereocenters. The summed E-state index contributed by atoms with van der Waals surface area (Å²) in [7, 11) is 0. The molecule has 1 amide bonds. The highest BCUT2D eigenvalue weighted by atomic mass is 79.9. The summed E-state index contributed by atoms with van der Waals surface area (Å²) in [6.07, 6.45) is 2.50. The lowest BCUT2D eigenvalue weighted by Crippen LogP contribution is -2.18. The maximum atomic E-state index is 13.2. The van der Waals surface area contributed by atoms with Gasteiger partial charge in [-0.3, -0.25) is 4.79 Å². The Kier molecular flexibility index (Phi) is 4.06. The zero-order chi connectivity index (χ0) is 13.8. The molecule has 0 aliphatic rings. The van der Waals surface area contributed by atoms with Crippen LogP contribution in [-0.4, -0.2) is 17.1 Å². The molecule has 0 aliphatic heterocycles. The molecule has 2 N–H and O–H groups in total. The monoisotopic (exact) mass is 327 g/mol. The minimum absolute atomic E-state index is 0.276. The molecule has 0 saturated heterocycles. The first-order valence-corrected chi connectivity index (χ1v) is 5.98. The highest BCUT2D eigenvalue weighted by molar-refractivity contribution is 9.10. The molecule has 98 valence electrons. The van der Waals surface area contributed by atoms with Gasteiger partial charge in [-0.15, -0.1) is 0 Å². The lowest BCUT2D eigenvalue weighted by molar-refractivity contribution is 0.0950. The number of H-pyrrole nitrogens is 1. The summed E-state index contributed by atoms with van der Waals surface area (Å²) in [5.41, 5.74) is 2.13. The zero-order valence-corrected chi connectivity index (χ0v) is 11.0. The number of hydrazone groups is 1. The van der Waals surface area contributed by atoms with Crippen LogP contribution in [0.4, 0.5) is 8.78 Å². The van der Waals surface area contributed by atoms with E-state index in [2.05, 4.69) is 31.4 Å². The second kappa shape index (κ2) is 5.75. The summed E-state index contributed by atoms with van der Waals surface area (Å²) >= 11 is 3.18. The van der Waals surface area contributed by atoms with E-state index >= 15 is 0 Å². The van der Waals surface area contributed by atoms with Crippen LogP contribution < -0.4 is 5.43 Å². The van der Waals surface area contributed by atoms with Gasteiger partial charge < -0.3 is 4.98 Å². The number of hydrogen-bond donors (Lipinski definition) is 2. The first kappa shape index (κ1) is 13.4. The van der Waals surface area contributed by atoms with Gasteiger partial charge in [-0.1, -0.05) is 6.07 Å². The minimum Gasteiger partial charge on any atom is -0.356 e. The Morgan fingerprint density at radius 3 is 2.63 bits per heavy atom. The van der Waals surface area contributed by atoms with Crippen molar-refractivity contribution in [3.8, 4) is 0 Å². The summed E-state index contributed by atoms with van der Waals surface area (Å²) in [5.74, 6) is -2.01. The van der Waals surface area contributed by atoms with Crippen LogP contribution in [0.3, 0.4) is 0 Å². The van der Waals surface area contributed by atoms with Crippen molar-refractivity contribution < 1.29 is 13.6 Å². The van der Waals surface area contributed by atoms with Gasteiger partial charge >= 0.3 is 0 Å². The van der Waals surface area contributed by atoms with Crippen LogP contribution in [0.1, 0.15) is 16.1 Å². The van der Waals surface area contributed by atoms with Crippen molar-refractivity contribution in [3.63, 3.8) is 0 Å². The molecule has 2 aromatic rings. The Labute approximate surface area is 115 Å². The normalized spacial score (nSPS) is 10.9. The number of halogens is 3. The van der Waals surface area contributed by atoms with Gasteiger partial charge in [0.15, 0.2) is 0 Å². The summed E-state index contributed by atoms with van der Waals surface area (Å²) < 4.78 is 27.2. The molecule has 0 spiro atoms.